The molecule has 9 heteroatoms. The molecule has 0 saturated carbocycles. The first-order chi connectivity index (χ1) is 17.9. The molecule has 0 aromatic heterocycles. The van der Waals surface area contributed by atoms with Gasteiger partial charge in [-0.15, -0.1) is 0 Å². The topological polar surface area (TPSA) is 106 Å². The van der Waals surface area contributed by atoms with Gasteiger partial charge >= 0.3 is 11.9 Å². The van der Waals surface area contributed by atoms with Gasteiger partial charge < -0.3 is 14.6 Å². The summed E-state index contributed by atoms with van der Waals surface area (Å²) in [5.41, 5.74) is 2.49. The Morgan fingerprint density at radius 3 is 2.08 bits per heavy atom. The molecule has 4 rings (SSSR count). The summed E-state index contributed by atoms with van der Waals surface area (Å²) in [6, 6.07) is 19.6. The number of phenolic OH excluding ortho intramolecular Hbond substituents is 1. The number of carbonyl (C=O) groups is 3. The highest BCUT2D eigenvalue weighted by atomic mass is 32.2. The molecule has 37 heavy (non-hydrogen) atoms. The van der Waals surface area contributed by atoms with Crippen molar-refractivity contribution in [2.24, 2.45) is 4.99 Å². The summed E-state index contributed by atoms with van der Waals surface area (Å²) >= 11 is 1.18. The number of phenols is 1. The van der Waals surface area contributed by atoms with Gasteiger partial charge in [0, 0.05) is 0 Å². The lowest BCUT2D eigenvalue weighted by atomic mass is 10.2. The van der Waals surface area contributed by atoms with E-state index >= 15 is 0 Å². The Hall–Kier alpha value is -4.37. The highest BCUT2D eigenvalue weighted by Crippen LogP contribution is 2.37. The predicted molar refractivity (Wildman–Crippen MR) is 143 cm³/mol. The molecule has 1 N–H and O–H groups in total. The summed E-state index contributed by atoms with van der Waals surface area (Å²) in [5.74, 6) is -1.09. The van der Waals surface area contributed by atoms with Crippen molar-refractivity contribution in [1.29, 1.82) is 0 Å². The number of ether oxygens (including phenoxy) is 2. The maximum Gasteiger partial charge on any atom is 0.338 e. The third-order valence-electron chi connectivity index (χ3n) is 5.21. The Bertz CT molecular complexity index is 1380. The molecule has 1 heterocycles. The van der Waals surface area contributed by atoms with E-state index in [4.69, 9.17) is 9.47 Å². The minimum atomic E-state index is -0.448. The van der Waals surface area contributed by atoms with Crippen molar-refractivity contribution in [3.63, 3.8) is 0 Å². The summed E-state index contributed by atoms with van der Waals surface area (Å²) in [6.07, 6.45) is 1.68. The van der Waals surface area contributed by atoms with Gasteiger partial charge in [0.15, 0.2) is 5.17 Å². The van der Waals surface area contributed by atoms with E-state index in [-0.39, 0.29) is 24.9 Å². The average Bonchev–Trinajstić information content (AvgIpc) is 3.19. The minimum absolute atomic E-state index is 0.0896. The van der Waals surface area contributed by atoms with Crippen LogP contribution in [0.4, 0.5) is 11.4 Å². The normalized spacial score (nSPS) is 15.3. The van der Waals surface area contributed by atoms with E-state index < -0.39 is 11.9 Å². The van der Waals surface area contributed by atoms with Gasteiger partial charge in [-0.25, -0.2) is 14.6 Å². The van der Waals surface area contributed by atoms with Crippen molar-refractivity contribution in [2.45, 2.75) is 13.8 Å². The second kappa shape index (κ2) is 11.6. The molecule has 1 amide bonds. The number of aromatic hydroxyl groups is 1. The molecular weight excluding hydrogens is 492 g/mol. The third kappa shape index (κ3) is 6.07. The van der Waals surface area contributed by atoms with Crippen molar-refractivity contribution in [2.75, 3.05) is 18.1 Å². The molecule has 0 spiro atoms. The molecule has 0 atom stereocenters. The zero-order chi connectivity index (χ0) is 26.4. The van der Waals surface area contributed by atoms with Crippen LogP contribution in [0.3, 0.4) is 0 Å². The number of nitrogens with zero attached hydrogens (tertiary/aromatic N) is 2. The summed E-state index contributed by atoms with van der Waals surface area (Å²) in [5, 5.41) is 10.2. The Labute approximate surface area is 218 Å². The van der Waals surface area contributed by atoms with Gasteiger partial charge in [0.1, 0.15) is 5.75 Å². The molecule has 0 radical (unpaired) electrons. The van der Waals surface area contributed by atoms with E-state index in [2.05, 4.69) is 4.99 Å². The zero-order valence-corrected chi connectivity index (χ0v) is 21.0. The fraction of sp³-hybridized carbons (Fsp3) is 0.143. The first-order valence-corrected chi connectivity index (χ1v) is 12.4. The first kappa shape index (κ1) is 25.7. The average molecular weight is 517 g/mol. The van der Waals surface area contributed by atoms with Crippen LogP contribution in [0.2, 0.25) is 0 Å². The molecule has 3 aromatic carbocycles. The fourth-order valence-electron chi connectivity index (χ4n) is 3.50. The van der Waals surface area contributed by atoms with E-state index in [1.54, 1.807) is 92.7 Å². The molecule has 8 nitrogen and oxygen atoms in total. The van der Waals surface area contributed by atoms with Crippen LogP contribution in [0.25, 0.3) is 6.08 Å². The van der Waals surface area contributed by atoms with Gasteiger partial charge in [-0.2, -0.15) is 0 Å². The molecule has 1 aliphatic heterocycles. The highest BCUT2D eigenvalue weighted by molar-refractivity contribution is 8.19. The van der Waals surface area contributed by atoms with Crippen LogP contribution in [0, 0.1) is 0 Å². The summed E-state index contributed by atoms with van der Waals surface area (Å²) < 4.78 is 10.1. The molecule has 0 unspecified atom stereocenters. The van der Waals surface area contributed by atoms with E-state index in [0.29, 0.717) is 38.1 Å². The van der Waals surface area contributed by atoms with E-state index in [0.717, 1.165) is 0 Å². The molecule has 1 fully saturated rings. The van der Waals surface area contributed by atoms with Gasteiger partial charge in [0.2, 0.25) is 0 Å². The molecule has 3 aromatic rings. The van der Waals surface area contributed by atoms with Gasteiger partial charge in [0.25, 0.3) is 5.91 Å². The number of carbonyl (C=O) groups excluding carboxylic acids is 3. The van der Waals surface area contributed by atoms with Crippen LogP contribution in [0.15, 0.2) is 82.7 Å². The van der Waals surface area contributed by atoms with Crippen LogP contribution in [0.1, 0.15) is 40.1 Å². The Morgan fingerprint density at radius 2 is 1.51 bits per heavy atom. The number of amides is 1. The molecule has 0 aliphatic carbocycles. The number of amidine groups is 1. The first-order valence-electron chi connectivity index (χ1n) is 11.6. The lowest BCUT2D eigenvalue weighted by Gasteiger charge is -2.16. The standard InChI is InChI=1S/C28H24N2O6S/c1-3-35-26(33)19-8-12-21(13-9-19)29-28-30(22-14-10-20(11-15-22)27(34)36-4-2)25(32)24(37-28)17-18-6-5-7-23(31)16-18/h5-17,31H,3-4H2,1-2H3/b24-17-,29-28?. The Balaban J connectivity index is 1.70. The molecule has 1 aliphatic rings. The summed E-state index contributed by atoms with van der Waals surface area (Å²) in [7, 11) is 0. The maximum absolute atomic E-state index is 13.5. The number of thioether (sulfide) groups is 1. The van der Waals surface area contributed by atoms with Gasteiger partial charge in [-0.3, -0.25) is 9.69 Å². The van der Waals surface area contributed by atoms with Crippen LogP contribution in [-0.2, 0) is 14.3 Å². The summed E-state index contributed by atoms with van der Waals surface area (Å²) in [6.45, 7) is 4.01. The number of anilines is 1. The van der Waals surface area contributed by atoms with Crippen molar-refractivity contribution in [3.05, 3.63) is 94.4 Å². The number of hydrogen-bond acceptors (Lipinski definition) is 8. The number of esters is 2. The maximum atomic E-state index is 13.5. The Kier molecular flexibility index (Phi) is 8.05. The van der Waals surface area contributed by atoms with Gasteiger partial charge in [-0.05, 0) is 97.9 Å². The van der Waals surface area contributed by atoms with Crippen LogP contribution in [0.5, 0.6) is 5.75 Å². The monoisotopic (exact) mass is 516 g/mol. The van der Waals surface area contributed by atoms with Crippen molar-refractivity contribution >= 4 is 52.2 Å². The number of hydrogen-bond donors (Lipinski definition) is 1. The smallest absolute Gasteiger partial charge is 0.338 e. The third-order valence-corrected chi connectivity index (χ3v) is 6.18. The number of aliphatic imine (C=N–C) groups is 1. The fourth-order valence-corrected chi connectivity index (χ4v) is 4.50. The molecular formula is C28H24N2O6S. The van der Waals surface area contributed by atoms with Crippen molar-refractivity contribution in [1.82, 2.24) is 0 Å². The lowest BCUT2D eigenvalue weighted by Crippen LogP contribution is -2.28. The second-order valence-electron chi connectivity index (χ2n) is 7.78. The predicted octanol–water partition coefficient (Wildman–Crippen LogP) is 5.55. The summed E-state index contributed by atoms with van der Waals surface area (Å²) in [4.78, 5) is 44.0. The van der Waals surface area contributed by atoms with E-state index in [1.807, 2.05) is 0 Å². The zero-order valence-electron chi connectivity index (χ0n) is 20.2. The Morgan fingerprint density at radius 1 is 0.919 bits per heavy atom. The molecule has 1 saturated heterocycles. The number of rotatable bonds is 7. The second-order valence-corrected chi connectivity index (χ2v) is 8.78. The van der Waals surface area contributed by atoms with Crippen LogP contribution < -0.4 is 4.90 Å². The highest BCUT2D eigenvalue weighted by Gasteiger charge is 2.35. The van der Waals surface area contributed by atoms with Gasteiger partial charge in [-0.1, -0.05) is 12.1 Å². The number of benzene rings is 3. The van der Waals surface area contributed by atoms with Crippen LogP contribution >= 0.6 is 11.8 Å². The SMILES string of the molecule is CCOC(=O)c1ccc(N=C2S/C(=C\c3cccc(O)c3)C(=O)N2c2ccc(C(=O)OCC)cc2)cc1. The van der Waals surface area contributed by atoms with Crippen LogP contribution in [-0.4, -0.2) is 41.3 Å². The lowest BCUT2D eigenvalue weighted by molar-refractivity contribution is -0.113. The minimum Gasteiger partial charge on any atom is -0.508 e. The van der Waals surface area contributed by atoms with Crippen molar-refractivity contribution in [3.8, 4) is 5.75 Å². The quantitative estimate of drug-likeness (QED) is 0.324. The van der Waals surface area contributed by atoms with E-state index in [9.17, 15) is 19.5 Å². The molecule has 188 valence electrons. The van der Waals surface area contributed by atoms with Gasteiger partial charge in [0.05, 0.1) is 40.6 Å². The largest absolute Gasteiger partial charge is 0.508 e. The molecule has 0 bridgehead atoms. The van der Waals surface area contributed by atoms with E-state index in [1.165, 1.54) is 16.7 Å². The van der Waals surface area contributed by atoms with Crippen molar-refractivity contribution < 1.29 is 29.0 Å².